The number of nitriles is 2. The molecular weight excluding hydrogens is 390 g/mol. The lowest BCUT2D eigenvalue weighted by atomic mass is 9.94. The van der Waals surface area contributed by atoms with Gasteiger partial charge in [0.25, 0.3) is 0 Å². The van der Waals surface area contributed by atoms with Gasteiger partial charge in [-0.15, -0.1) is 0 Å². The predicted molar refractivity (Wildman–Crippen MR) is 107 cm³/mol. The molecule has 0 saturated heterocycles. The van der Waals surface area contributed by atoms with Crippen molar-refractivity contribution in [3.63, 3.8) is 0 Å². The Morgan fingerprint density at radius 3 is 2.69 bits per heavy atom. The van der Waals surface area contributed by atoms with Crippen molar-refractivity contribution in [2.45, 2.75) is 32.7 Å². The minimum atomic E-state index is -0.379. The molecule has 0 fully saturated rings. The number of hydrogen-bond donors (Lipinski definition) is 1. The van der Waals surface area contributed by atoms with Crippen LogP contribution in [0.5, 0.6) is 0 Å². The van der Waals surface area contributed by atoms with Crippen LogP contribution in [0.15, 0.2) is 23.1 Å². The topological polar surface area (TPSA) is 133 Å². The molecule has 3 rings (SSSR count). The highest BCUT2D eigenvalue weighted by molar-refractivity contribution is 7.16. The van der Waals surface area contributed by atoms with Gasteiger partial charge in [0.05, 0.1) is 12.5 Å². The molecule has 29 heavy (non-hydrogen) atoms. The molecule has 0 aliphatic rings. The van der Waals surface area contributed by atoms with Crippen LogP contribution < -0.4 is 5.32 Å². The third kappa shape index (κ3) is 4.75. The van der Waals surface area contributed by atoms with Crippen molar-refractivity contribution >= 4 is 34.5 Å². The zero-order chi connectivity index (χ0) is 21.0. The summed E-state index contributed by atoms with van der Waals surface area (Å²) in [5.74, 6) is 0.910. The molecule has 9 nitrogen and oxygen atoms in total. The highest BCUT2D eigenvalue weighted by atomic mass is 32.1. The van der Waals surface area contributed by atoms with Crippen LogP contribution in [0, 0.1) is 22.7 Å². The Morgan fingerprint density at radius 1 is 1.24 bits per heavy atom. The highest BCUT2D eigenvalue weighted by Crippen LogP contribution is 2.24. The summed E-state index contributed by atoms with van der Waals surface area (Å²) in [6, 6.07) is 3.69. The zero-order valence-corrected chi connectivity index (χ0v) is 16.8. The number of carbonyl (C=O) groups is 1. The van der Waals surface area contributed by atoms with E-state index in [0.29, 0.717) is 11.0 Å². The van der Waals surface area contributed by atoms with Crippen molar-refractivity contribution in [1.29, 1.82) is 10.5 Å². The van der Waals surface area contributed by atoms with Gasteiger partial charge in [-0.3, -0.25) is 4.79 Å². The van der Waals surface area contributed by atoms with E-state index in [0.717, 1.165) is 10.6 Å². The molecule has 0 atom stereocenters. The summed E-state index contributed by atoms with van der Waals surface area (Å²) < 4.78 is 7.02. The van der Waals surface area contributed by atoms with Gasteiger partial charge in [0.15, 0.2) is 16.5 Å². The van der Waals surface area contributed by atoms with E-state index >= 15 is 0 Å². The minimum Gasteiger partial charge on any atom is -0.441 e. The van der Waals surface area contributed by atoms with Crippen molar-refractivity contribution < 1.29 is 9.21 Å². The molecule has 3 aromatic rings. The van der Waals surface area contributed by atoms with Gasteiger partial charge in [-0.25, -0.2) is 15.0 Å². The molecule has 146 valence electrons. The lowest BCUT2D eigenvalue weighted by Crippen LogP contribution is -2.19. The number of nitrogens with zero attached hydrogens (tertiary/aromatic N) is 6. The number of nitrogens with one attached hydrogen (secondary N) is 1. The molecule has 0 unspecified atom stereocenters. The van der Waals surface area contributed by atoms with Crippen LogP contribution in [-0.2, 0) is 16.8 Å². The number of thiazole rings is 1. The number of anilines is 1. The third-order valence-corrected chi connectivity index (χ3v) is 4.66. The molecule has 0 saturated carbocycles. The monoisotopic (exact) mass is 407 g/mol. The highest BCUT2D eigenvalue weighted by Gasteiger charge is 2.18. The van der Waals surface area contributed by atoms with Crippen LogP contribution in [0.2, 0.25) is 0 Å². The van der Waals surface area contributed by atoms with Crippen molar-refractivity contribution in [2.24, 2.45) is 0 Å². The number of imidazole rings is 1. The Bertz CT molecular complexity index is 1150. The standard InChI is InChI=1S/C19H17N7O2S/c1-19(2,3)15-9-22-17(28-15)5-4-12-8-23-18(29-12)25-16(27)10-26-11-24-13(6-20)14(26)7-21/h4-5,8-9,11H,10H2,1-3H3,(H,23,25,27)/b5-4+. The normalized spacial score (nSPS) is 11.3. The second-order valence-corrected chi connectivity index (χ2v) is 8.12. The number of oxazole rings is 1. The van der Waals surface area contributed by atoms with E-state index in [2.05, 4.69) is 20.3 Å². The van der Waals surface area contributed by atoms with Crippen LogP contribution in [-0.4, -0.2) is 25.4 Å². The van der Waals surface area contributed by atoms with E-state index < -0.39 is 0 Å². The Balaban J connectivity index is 1.62. The maximum absolute atomic E-state index is 12.2. The van der Waals surface area contributed by atoms with Crippen molar-refractivity contribution in [3.8, 4) is 12.1 Å². The molecule has 0 aromatic carbocycles. The molecule has 1 amide bonds. The fourth-order valence-electron chi connectivity index (χ4n) is 2.30. The van der Waals surface area contributed by atoms with Crippen LogP contribution in [0.3, 0.4) is 0 Å². The van der Waals surface area contributed by atoms with Gasteiger partial charge < -0.3 is 14.3 Å². The van der Waals surface area contributed by atoms with Crippen molar-refractivity contribution in [1.82, 2.24) is 19.5 Å². The van der Waals surface area contributed by atoms with Gasteiger partial charge in [-0.1, -0.05) is 32.1 Å². The molecule has 0 aliphatic heterocycles. The minimum absolute atomic E-state index is 0.0110. The summed E-state index contributed by atoms with van der Waals surface area (Å²) in [6.07, 6.45) is 8.16. The zero-order valence-electron chi connectivity index (χ0n) is 16.0. The van der Waals surface area contributed by atoms with E-state index in [1.165, 1.54) is 22.2 Å². The lowest BCUT2D eigenvalue weighted by molar-refractivity contribution is -0.116. The first-order valence-corrected chi connectivity index (χ1v) is 9.37. The quantitative estimate of drug-likeness (QED) is 0.686. The predicted octanol–water partition coefficient (Wildman–Crippen LogP) is 3.18. The summed E-state index contributed by atoms with van der Waals surface area (Å²) in [6.45, 7) is 5.99. The van der Waals surface area contributed by atoms with Crippen molar-refractivity contribution in [2.75, 3.05) is 5.32 Å². The fraction of sp³-hybridized carbons (Fsp3) is 0.263. The van der Waals surface area contributed by atoms with Crippen LogP contribution in [0.4, 0.5) is 5.13 Å². The van der Waals surface area contributed by atoms with Crippen LogP contribution in [0.25, 0.3) is 12.2 Å². The summed E-state index contributed by atoms with van der Waals surface area (Å²) in [5.41, 5.74) is -0.0792. The third-order valence-electron chi connectivity index (χ3n) is 3.79. The van der Waals surface area contributed by atoms with Gasteiger partial charge in [-0.2, -0.15) is 10.5 Å². The average molecular weight is 407 g/mol. The van der Waals surface area contributed by atoms with Crippen LogP contribution in [0.1, 0.15) is 48.7 Å². The molecule has 0 bridgehead atoms. The smallest absolute Gasteiger partial charge is 0.246 e. The largest absolute Gasteiger partial charge is 0.441 e. The number of rotatable bonds is 5. The van der Waals surface area contributed by atoms with Gasteiger partial charge in [0.2, 0.25) is 11.8 Å². The molecule has 10 heteroatoms. The number of carbonyl (C=O) groups excluding carboxylic acids is 1. The van der Waals surface area contributed by atoms with Gasteiger partial charge >= 0.3 is 0 Å². The molecular formula is C19H17N7O2S. The summed E-state index contributed by atoms with van der Waals surface area (Å²) in [7, 11) is 0. The molecule has 0 aliphatic carbocycles. The van der Waals surface area contributed by atoms with Gasteiger partial charge in [0.1, 0.15) is 24.4 Å². The molecule has 1 N–H and O–H groups in total. The van der Waals surface area contributed by atoms with E-state index in [1.807, 2.05) is 32.9 Å². The van der Waals surface area contributed by atoms with Crippen LogP contribution >= 0.6 is 11.3 Å². The molecule has 3 heterocycles. The van der Waals surface area contributed by atoms with E-state index in [4.69, 9.17) is 14.9 Å². The van der Waals surface area contributed by atoms with Gasteiger partial charge in [0, 0.05) is 22.6 Å². The fourth-order valence-corrected chi connectivity index (χ4v) is 3.04. The first-order chi connectivity index (χ1) is 13.8. The van der Waals surface area contributed by atoms with E-state index in [9.17, 15) is 4.79 Å². The number of hydrogen-bond acceptors (Lipinski definition) is 8. The Kier molecular flexibility index (Phi) is 5.57. The summed E-state index contributed by atoms with van der Waals surface area (Å²) in [4.78, 5) is 25.2. The Labute approximate surface area is 171 Å². The van der Waals surface area contributed by atoms with E-state index in [-0.39, 0.29) is 29.3 Å². The second kappa shape index (κ2) is 8.09. The Morgan fingerprint density at radius 2 is 2.03 bits per heavy atom. The van der Waals surface area contributed by atoms with Gasteiger partial charge in [-0.05, 0) is 6.08 Å². The average Bonchev–Trinajstić information content (AvgIpc) is 3.38. The first-order valence-electron chi connectivity index (χ1n) is 8.55. The first kappa shape index (κ1) is 20.0. The summed E-state index contributed by atoms with van der Waals surface area (Å²) >= 11 is 1.28. The molecule has 0 spiro atoms. The van der Waals surface area contributed by atoms with E-state index in [1.54, 1.807) is 24.5 Å². The SMILES string of the molecule is CC(C)(C)c1cnc(/C=C/c2cnc(NC(=O)Cn3cnc(C#N)c3C#N)s2)o1. The maximum atomic E-state index is 12.2. The second-order valence-electron chi connectivity index (χ2n) is 7.06. The number of amides is 1. The Hall–Kier alpha value is -3.76. The number of aromatic nitrogens is 4. The van der Waals surface area contributed by atoms with Crippen molar-refractivity contribution in [3.05, 3.63) is 46.6 Å². The molecule has 3 aromatic heterocycles. The lowest BCUT2D eigenvalue weighted by Gasteiger charge is -2.12. The summed E-state index contributed by atoms with van der Waals surface area (Å²) in [5, 5.41) is 21.1. The maximum Gasteiger partial charge on any atom is 0.246 e. The molecule has 0 radical (unpaired) electrons.